The molecule has 1 amide bonds. The molecule has 134 valence electrons. The highest BCUT2D eigenvalue weighted by molar-refractivity contribution is 7.07. The van der Waals surface area contributed by atoms with E-state index in [4.69, 9.17) is 0 Å². The third kappa shape index (κ3) is 5.65. The number of nitrogens with one attached hydrogen (secondary N) is 2. The number of carbonyl (C=O) groups is 1. The molecule has 0 aliphatic carbocycles. The van der Waals surface area contributed by atoms with E-state index in [1.807, 2.05) is 6.92 Å². The number of amides is 1. The predicted octanol–water partition coefficient (Wildman–Crippen LogP) is 3.56. The molecule has 0 bridgehead atoms. The molecule has 0 aliphatic heterocycles. The second-order valence-electron chi connectivity index (χ2n) is 6.00. The first-order valence-electron chi connectivity index (χ1n) is 8.29. The van der Waals surface area contributed by atoms with Crippen LogP contribution in [0.5, 0.6) is 0 Å². The van der Waals surface area contributed by atoms with Crippen molar-refractivity contribution in [3.05, 3.63) is 62.3 Å². The van der Waals surface area contributed by atoms with E-state index in [9.17, 15) is 14.9 Å². The molecule has 2 rings (SSSR count). The number of nitro groups is 1. The average Bonchev–Trinajstić information content (AvgIpc) is 3.15. The van der Waals surface area contributed by atoms with Crippen LogP contribution in [0.4, 0.5) is 5.69 Å². The number of hydrogen-bond donors (Lipinski definition) is 2. The molecule has 2 atom stereocenters. The molecular weight excluding hydrogens is 338 g/mol. The minimum atomic E-state index is -0.477. The maximum absolute atomic E-state index is 12.3. The Kier molecular flexibility index (Phi) is 7.09. The van der Waals surface area contributed by atoms with Gasteiger partial charge in [-0.15, -0.1) is 0 Å². The number of rotatable bonds is 9. The van der Waals surface area contributed by atoms with Crippen molar-refractivity contribution in [2.24, 2.45) is 0 Å². The summed E-state index contributed by atoms with van der Waals surface area (Å²) < 4.78 is 0. The molecule has 2 N–H and O–H groups in total. The van der Waals surface area contributed by atoms with Gasteiger partial charge >= 0.3 is 0 Å². The van der Waals surface area contributed by atoms with Crippen molar-refractivity contribution in [2.45, 2.75) is 32.2 Å². The molecule has 6 nitrogen and oxygen atoms in total. The molecule has 0 saturated carbocycles. The number of thiophene rings is 1. The van der Waals surface area contributed by atoms with E-state index >= 15 is 0 Å². The Bertz CT molecular complexity index is 686. The molecule has 0 fully saturated rings. The van der Waals surface area contributed by atoms with Gasteiger partial charge in [0.05, 0.1) is 4.92 Å². The monoisotopic (exact) mass is 361 g/mol. The summed E-state index contributed by atoms with van der Waals surface area (Å²) in [6.45, 7) is 5.72. The van der Waals surface area contributed by atoms with Gasteiger partial charge in [0.25, 0.3) is 11.6 Å². The van der Waals surface area contributed by atoms with E-state index in [1.165, 1.54) is 29.8 Å². The molecule has 0 spiro atoms. The normalized spacial score (nSPS) is 13.2. The predicted molar refractivity (Wildman–Crippen MR) is 100 cm³/mol. The molecule has 0 radical (unpaired) electrons. The first-order valence-corrected chi connectivity index (χ1v) is 9.23. The van der Waals surface area contributed by atoms with Crippen LogP contribution >= 0.6 is 11.3 Å². The number of nitro benzene ring substituents is 1. The van der Waals surface area contributed by atoms with Crippen LogP contribution in [0, 0.1) is 10.1 Å². The highest BCUT2D eigenvalue weighted by Crippen LogP contribution is 2.17. The summed E-state index contributed by atoms with van der Waals surface area (Å²) in [6, 6.07) is 7.79. The average molecular weight is 361 g/mol. The van der Waals surface area contributed by atoms with Gasteiger partial charge in [0, 0.05) is 36.8 Å². The van der Waals surface area contributed by atoms with Gasteiger partial charge in [-0.3, -0.25) is 14.9 Å². The van der Waals surface area contributed by atoms with Crippen molar-refractivity contribution in [3.63, 3.8) is 0 Å². The molecule has 7 heteroatoms. The zero-order chi connectivity index (χ0) is 18.2. The molecule has 1 heterocycles. The number of benzene rings is 1. The maximum Gasteiger partial charge on any atom is 0.269 e. The fourth-order valence-corrected chi connectivity index (χ4v) is 3.23. The summed E-state index contributed by atoms with van der Waals surface area (Å²) in [4.78, 5) is 22.5. The van der Waals surface area contributed by atoms with Crippen LogP contribution in [0.25, 0.3) is 0 Å². The maximum atomic E-state index is 12.3. The summed E-state index contributed by atoms with van der Waals surface area (Å²) in [7, 11) is 0. The Labute approximate surface area is 151 Å². The Morgan fingerprint density at radius 2 is 1.96 bits per heavy atom. The first kappa shape index (κ1) is 19.1. The lowest BCUT2D eigenvalue weighted by Crippen LogP contribution is -2.42. The van der Waals surface area contributed by atoms with Crippen LogP contribution < -0.4 is 10.6 Å². The van der Waals surface area contributed by atoms with Crippen LogP contribution in [0.2, 0.25) is 0 Å². The summed E-state index contributed by atoms with van der Waals surface area (Å²) in [6.07, 6.45) is 0.804. The standard InChI is InChI=1S/C18H23N3O3S/c1-3-16(11-19-10-13(2)15-8-9-25-12-15)20-18(22)14-4-6-17(7-5-14)21(23)24/h4-9,12-13,16,19H,3,10-11H2,1-2H3,(H,20,22). The highest BCUT2D eigenvalue weighted by Gasteiger charge is 2.14. The molecule has 2 aromatic rings. The van der Waals surface area contributed by atoms with Gasteiger partial charge in [-0.2, -0.15) is 11.3 Å². The number of hydrogen-bond acceptors (Lipinski definition) is 5. The second-order valence-corrected chi connectivity index (χ2v) is 6.78. The fourth-order valence-electron chi connectivity index (χ4n) is 2.45. The van der Waals surface area contributed by atoms with E-state index in [1.54, 1.807) is 11.3 Å². The van der Waals surface area contributed by atoms with Gasteiger partial charge < -0.3 is 10.6 Å². The van der Waals surface area contributed by atoms with E-state index in [2.05, 4.69) is 34.4 Å². The van der Waals surface area contributed by atoms with Crippen LogP contribution in [0.3, 0.4) is 0 Å². The summed E-state index contributed by atoms with van der Waals surface area (Å²) in [5, 5.41) is 21.3. The van der Waals surface area contributed by atoms with Crippen molar-refractivity contribution < 1.29 is 9.72 Å². The largest absolute Gasteiger partial charge is 0.348 e. The van der Waals surface area contributed by atoms with Crippen molar-refractivity contribution >= 4 is 22.9 Å². The highest BCUT2D eigenvalue weighted by atomic mass is 32.1. The topological polar surface area (TPSA) is 84.3 Å². The molecule has 25 heavy (non-hydrogen) atoms. The third-order valence-electron chi connectivity index (χ3n) is 4.12. The minimum Gasteiger partial charge on any atom is -0.348 e. The lowest BCUT2D eigenvalue weighted by atomic mass is 10.1. The Morgan fingerprint density at radius 1 is 1.24 bits per heavy atom. The van der Waals surface area contributed by atoms with Crippen LogP contribution in [-0.2, 0) is 0 Å². The van der Waals surface area contributed by atoms with Crippen molar-refractivity contribution in [1.82, 2.24) is 10.6 Å². The molecule has 0 saturated heterocycles. The molecule has 1 aromatic heterocycles. The molecule has 1 aromatic carbocycles. The van der Waals surface area contributed by atoms with E-state index in [0.717, 1.165) is 13.0 Å². The van der Waals surface area contributed by atoms with Crippen LogP contribution in [-0.4, -0.2) is 30.0 Å². The Balaban J connectivity index is 1.82. The quantitative estimate of drug-likeness (QED) is 0.528. The van der Waals surface area contributed by atoms with Gasteiger partial charge in [0.2, 0.25) is 0 Å². The number of non-ortho nitro benzene ring substituents is 1. The zero-order valence-corrected chi connectivity index (χ0v) is 15.2. The second kappa shape index (κ2) is 9.29. The van der Waals surface area contributed by atoms with Crippen molar-refractivity contribution in [2.75, 3.05) is 13.1 Å². The Hall–Kier alpha value is -2.25. The zero-order valence-electron chi connectivity index (χ0n) is 14.4. The smallest absolute Gasteiger partial charge is 0.269 e. The Morgan fingerprint density at radius 3 is 2.52 bits per heavy atom. The lowest BCUT2D eigenvalue weighted by Gasteiger charge is -2.19. The number of carbonyl (C=O) groups excluding carboxylic acids is 1. The SMILES string of the molecule is CCC(CNCC(C)c1ccsc1)NC(=O)c1ccc([N+](=O)[O-])cc1. The van der Waals surface area contributed by atoms with Crippen molar-refractivity contribution in [3.8, 4) is 0 Å². The van der Waals surface area contributed by atoms with Crippen LogP contribution in [0.15, 0.2) is 41.1 Å². The summed E-state index contributed by atoms with van der Waals surface area (Å²) in [5.74, 6) is 0.212. The van der Waals surface area contributed by atoms with Crippen molar-refractivity contribution in [1.29, 1.82) is 0 Å². The van der Waals surface area contributed by atoms with Gasteiger partial charge in [-0.25, -0.2) is 0 Å². The molecule has 2 unspecified atom stereocenters. The van der Waals surface area contributed by atoms with E-state index in [0.29, 0.717) is 18.0 Å². The first-order chi connectivity index (χ1) is 12.0. The lowest BCUT2D eigenvalue weighted by molar-refractivity contribution is -0.384. The molecular formula is C18H23N3O3S. The third-order valence-corrected chi connectivity index (χ3v) is 4.82. The van der Waals surface area contributed by atoms with E-state index < -0.39 is 4.92 Å². The number of nitrogens with zero attached hydrogens (tertiary/aromatic N) is 1. The molecule has 0 aliphatic rings. The van der Waals surface area contributed by atoms with Gasteiger partial charge in [-0.05, 0) is 46.9 Å². The van der Waals surface area contributed by atoms with Gasteiger partial charge in [-0.1, -0.05) is 13.8 Å². The van der Waals surface area contributed by atoms with Crippen LogP contribution in [0.1, 0.15) is 42.1 Å². The van der Waals surface area contributed by atoms with Gasteiger partial charge in [0.1, 0.15) is 0 Å². The van der Waals surface area contributed by atoms with E-state index in [-0.39, 0.29) is 17.6 Å². The minimum absolute atomic E-state index is 0.0115. The summed E-state index contributed by atoms with van der Waals surface area (Å²) >= 11 is 1.69. The summed E-state index contributed by atoms with van der Waals surface area (Å²) in [5.41, 5.74) is 1.73. The van der Waals surface area contributed by atoms with Gasteiger partial charge in [0.15, 0.2) is 0 Å². The fraction of sp³-hybridized carbons (Fsp3) is 0.389.